The van der Waals surface area contributed by atoms with Crippen molar-refractivity contribution in [3.05, 3.63) is 69.4 Å². The number of nitrogens with zero attached hydrogens (tertiary/aromatic N) is 2. The molecular formula is C20H17BrFN3O4. The van der Waals surface area contributed by atoms with Crippen molar-refractivity contribution in [1.82, 2.24) is 9.55 Å². The number of aromatic nitrogens is 2. The van der Waals surface area contributed by atoms with Gasteiger partial charge in [-0.2, -0.15) is 0 Å². The summed E-state index contributed by atoms with van der Waals surface area (Å²) in [6.07, 6.45) is 0.179. The molecule has 2 aromatic carbocycles. The maximum Gasteiger partial charge on any atom is 0.308 e. The molecule has 0 aliphatic carbocycles. The Morgan fingerprint density at radius 1 is 1.28 bits per heavy atom. The molecule has 0 saturated heterocycles. The number of hydrogen-bond donors (Lipinski definition) is 1. The average molecular weight is 462 g/mol. The molecule has 0 saturated carbocycles. The van der Waals surface area contributed by atoms with Gasteiger partial charge in [-0.25, -0.2) is 9.37 Å². The number of benzene rings is 2. The molecule has 0 aliphatic rings. The van der Waals surface area contributed by atoms with E-state index in [2.05, 4.69) is 26.2 Å². The Hall–Kier alpha value is -3.07. The molecule has 29 heavy (non-hydrogen) atoms. The molecule has 1 amide bonds. The van der Waals surface area contributed by atoms with Gasteiger partial charge in [0.15, 0.2) is 6.10 Å². The number of halogens is 2. The molecule has 0 fully saturated rings. The lowest BCUT2D eigenvalue weighted by Crippen LogP contribution is -2.30. The van der Waals surface area contributed by atoms with Crippen LogP contribution < -0.4 is 10.9 Å². The number of amides is 1. The first-order valence-electron chi connectivity index (χ1n) is 8.74. The SMILES string of the molecule is CC(OC(=O)CCn1cnc2ccc(Br)cc2c1=O)C(=O)Nc1cccc(F)c1. The Kier molecular flexibility index (Phi) is 6.38. The third-order valence-electron chi connectivity index (χ3n) is 4.11. The van der Waals surface area contributed by atoms with E-state index in [0.717, 1.165) is 10.5 Å². The number of carbonyl (C=O) groups is 2. The zero-order valence-electron chi connectivity index (χ0n) is 15.4. The fraction of sp³-hybridized carbons (Fsp3) is 0.200. The van der Waals surface area contributed by atoms with Gasteiger partial charge in [-0.15, -0.1) is 0 Å². The summed E-state index contributed by atoms with van der Waals surface area (Å²) < 4.78 is 20.3. The molecule has 3 aromatic rings. The number of ether oxygens (including phenoxy) is 1. The van der Waals surface area contributed by atoms with Crippen molar-refractivity contribution in [3.8, 4) is 0 Å². The minimum absolute atomic E-state index is 0.0609. The molecule has 1 heterocycles. The highest BCUT2D eigenvalue weighted by Gasteiger charge is 2.18. The van der Waals surface area contributed by atoms with Gasteiger partial charge >= 0.3 is 5.97 Å². The zero-order valence-corrected chi connectivity index (χ0v) is 17.0. The maximum atomic E-state index is 13.2. The maximum absolute atomic E-state index is 13.2. The number of fused-ring (bicyclic) bond motifs is 1. The van der Waals surface area contributed by atoms with Gasteiger partial charge in [0.2, 0.25) is 0 Å². The highest BCUT2D eigenvalue weighted by molar-refractivity contribution is 9.10. The van der Waals surface area contributed by atoms with E-state index < -0.39 is 23.8 Å². The first kappa shape index (κ1) is 20.7. The lowest BCUT2D eigenvalue weighted by atomic mass is 10.2. The van der Waals surface area contributed by atoms with Crippen LogP contribution in [0.3, 0.4) is 0 Å². The standard InChI is InChI=1S/C20H17BrFN3O4/c1-12(19(27)24-15-4-2-3-14(22)10-15)29-18(26)7-8-25-11-23-17-6-5-13(21)9-16(17)20(25)28/h2-6,9-12H,7-8H2,1H3,(H,24,27). The summed E-state index contributed by atoms with van der Waals surface area (Å²) in [6.45, 7) is 1.47. The molecular weight excluding hydrogens is 445 g/mol. The molecule has 0 radical (unpaired) electrons. The largest absolute Gasteiger partial charge is 0.452 e. The van der Waals surface area contributed by atoms with Gasteiger partial charge in [-0.05, 0) is 43.3 Å². The van der Waals surface area contributed by atoms with E-state index in [4.69, 9.17) is 4.74 Å². The number of nitrogens with one attached hydrogen (secondary N) is 1. The van der Waals surface area contributed by atoms with Gasteiger partial charge in [-0.3, -0.25) is 19.0 Å². The molecule has 0 spiro atoms. The predicted octanol–water partition coefficient (Wildman–Crippen LogP) is 3.26. The second-order valence-electron chi connectivity index (χ2n) is 6.29. The van der Waals surface area contributed by atoms with Crippen molar-refractivity contribution in [2.24, 2.45) is 0 Å². The van der Waals surface area contributed by atoms with Crippen LogP contribution in [0, 0.1) is 5.82 Å². The van der Waals surface area contributed by atoms with Gasteiger partial charge in [0.1, 0.15) is 5.82 Å². The van der Waals surface area contributed by atoms with Crippen LogP contribution in [0.15, 0.2) is 58.1 Å². The van der Waals surface area contributed by atoms with Crippen LogP contribution in [0.4, 0.5) is 10.1 Å². The van der Waals surface area contributed by atoms with Crippen LogP contribution in [-0.2, 0) is 20.9 Å². The normalized spacial score (nSPS) is 11.8. The summed E-state index contributed by atoms with van der Waals surface area (Å²) in [5, 5.41) is 2.90. The Morgan fingerprint density at radius 2 is 2.07 bits per heavy atom. The fourth-order valence-corrected chi connectivity index (χ4v) is 2.98. The summed E-state index contributed by atoms with van der Waals surface area (Å²) in [6, 6.07) is 10.6. The number of esters is 1. The van der Waals surface area contributed by atoms with Crippen molar-refractivity contribution in [2.45, 2.75) is 26.0 Å². The fourth-order valence-electron chi connectivity index (χ4n) is 2.62. The topological polar surface area (TPSA) is 90.3 Å². The van der Waals surface area contributed by atoms with E-state index >= 15 is 0 Å². The second-order valence-corrected chi connectivity index (χ2v) is 7.20. The quantitative estimate of drug-likeness (QED) is 0.568. The molecule has 1 atom stereocenters. The van der Waals surface area contributed by atoms with Crippen LogP contribution in [-0.4, -0.2) is 27.5 Å². The van der Waals surface area contributed by atoms with E-state index in [0.29, 0.717) is 10.9 Å². The molecule has 1 N–H and O–H groups in total. The lowest BCUT2D eigenvalue weighted by molar-refractivity contribution is -0.153. The van der Waals surface area contributed by atoms with Crippen molar-refractivity contribution >= 4 is 44.4 Å². The zero-order chi connectivity index (χ0) is 21.0. The summed E-state index contributed by atoms with van der Waals surface area (Å²) in [5.41, 5.74) is 0.540. The minimum atomic E-state index is -1.08. The van der Waals surface area contributed by atoms with Crippen molar-refractivity contribution in [1.29, 1.82) is 0 Å². The van der Waals surface area contributed by atoms with Gasteiger partial charge in [-0.1, -0.05) is 22.0 Å². The molecule has 9 heteroatoms. The van der Waals surface area contributed by atoms with E-state index in [1.807, 2.05) is 0 Å². The van der Waals surface area contributed by atoms with Crippen LogP contribution >= 0.6 is 15.9 Å². The smallest absolute Gasteiger partial charge is 0.308 e. The number of carbonyl (C=O) groups excluding carboxylic acids is 2. The van der Waals surface area contributed by atoms with Crippen LogP contribution in [0.5, 0.6) is 0 Å². The number of hydrogen-bond acceptors (Lipinski definition) is 5. The van der Waals surface area contributed by atoms with Crippen LogP contribution in [0.1, 0.15) is 13.3 Å². The first-order valence-corrected chi connectivity index (χ1v) is 9.53. The number of aryl methyl sites for hydroxylation is 1. The van der Waals surface area contributed by atoms with E-state index in [1.165, 1.54) is 36.0 Å². The van der Waals surface area contributed by atoms with Gasteiger partial charge < -0.3 is 10.1 Å². The van der Waals surface area contributed by atoms with Crippen molar-refractivity contribution in [2.75, 3.05) is 5.32 Å². The van der Waals surface area contributed by atoms with E-state index in [-0.39, 0.29) is 24.2 Å². The van der Waals surface area contributed by atoms with Crippen molar-refractivity contribution < 1.29 is 18.7 Å². The van der Waals surface area contributed by atoms with Crippen LogP contribution in [0.2, 0.25) is 0 Å². The minimum Gasteiger partial charge on any atom is -0.452 e. The van der Waals surface area contributed by atoms with E-state index in [1.54, 1.807) is 18.2 Å². The van der Waals surface area contributed by atoms with Gasteiger partial charge in [0.05, 0.1) is 23.7 Å². The summed E-state index contributed by atoms with van der Waals surface area (Å²) in [4.78, 5) is 40.9. The number of rotatable bonds is 6. The Bertz CT molecular complexity index is 1130. The van der Waals surface area contributed by atoms with Gasteiger partial charge in [0, 0.05) is 16.7 Å². The van der Waals surface area contributed by atoms with E-state index in [9.17, 15) is 18.8 Å². The summed E-state index contributed by atoms with van der Waals surface area (Å²) in [7, 11) is 0. The van der Waals surface area contributed by atoms with Crippen LogP contribution in [0.25, 0.3) is 10.9 Å². The monoisotopic (exact) mass is 461 g/mol. The highest BCUT2D eigenvalue weighted by Crippen LogP contribution is 2.15. The lowest BCUT2D eigenvalue weighted by Gasteiger charge is -2.14. The Balaban J connectivity index is 1.58. The molecule has 7 nitrogen and oxygen atoms in total. The summed E-state index contributed by atoms with van der Waals surface area (Å²) >= 11 is 3.31. The molecule has 0 bridgehead atoms. The summed E-state index contributed by atoms with van der Waals surface area (Å²) in [5.74, 6) is -1.72. The molecule has 3 rings (SSSR count). The number of anilines is 1. The average Bonchev–Trinajstić information content (AvgIpc) is 2.68. The predicted molar refractivity (Wildman–Crippen MR) is 109 cm³/mol. The van der Waals surface area contributed by atoms with Gasteiger partial charge in [0.25, 0.3) is 11.5 Å². The molecule has 1 aromatic heterocycles. The third kappa shape index (κ3) is 5.26. The molecule has 150 valence electrons. The van der Waals surface area contributed by atoms with Crippen molar-refractivity contribution in [3.63, 3.8) is 0 Å². The second kappa shape index (κ2) is 8.95. The third-order valence-corrected chi connectivity index (χ3v) is 4.61. The highest BCUT2D eigenvalue weighted by atomic mass is 79.9. The molecule has 1 unspecified atom stereocenters. The Labute approximate surface area is 173 Å². The first-order chi connectivity index (χ1) is 13.8. The molecule has 0 aliphatic heterocycles. The Morgan fingerprint density at radius 3 is 2.83 bits per heavy atom.